The number of benzene rings is 2. The highest BCUT2D eigenvalue weighted by atomic mass is 16.5. The van der Waals surface area contributed by atoms with E-state index in [0.717, 1.165) is 17.7 Å². The number of ether oxygens (including phenoxy) is 1. The third-order valence-electron chi connectivity index (χ3n) is 3.21. The highest BCUT2D eigenvalue weighted by Gasteiger charge is 2.18. The molecule has 0 fully saturated rings. The lowest BCUT2D eigenvalue weighted by molar-refractivity contribution is 0.106. The van der Waals surface area contributed by atoms with Crippen LogP contribution in [0, 0.1) is 0 Å². The standard InChI is InChI=1S/C17H20O/c1-4-17(2,3)18-16-13-9-8-12-15(16)14-10-6-5-7-11-14/h5-13H,4H2,1-3H3. The molecular weight excluding hydrogens is 220 g/mol. The van der Waals surface area contributed by atoms with E-state index in [1.807, 2.05) is 24.3 Å². The van der Waals surface area contributed by atoms with Gasteiger partial charge in [-0.25, -0.2) is 0 Å². The van der Waals surface area contributed by atoms with Crippen molar-refractivity contribution in [1.29, 1.82) is 0 Å². The fourth-order valence-electron chi connectivity index (χ4n) is 1.78. The Morgan fingerprint density at radius 2 is 1.50 bits per heavy atom. The molecule has 0 atom stereocenters. The molecule has 0 spiro atoms. The number of hydrogen-bond donors (Lipinski definition) is 0. The van der Waals surface area contributed by atoms with Gasteiger partial charge in [0.25, 0.3) is 0 Å². The molecule has 0 unspecified atom stereocenters. The van der Waals surface area contributed by atoms with Crippen LogP contribution in [-0.4, -0.2) is 5.60 Å². The van der Waals surface area contributed by atoms with Crippen LogP contribution in [0.3, 0.4) is 0 Å². The van der Waals surface area contributed by atoms with E-state index in [-0.39, 0.29) is 5.60 Å². The van der Waals surface area contributed by atoms with Gasteiger partial charge in [0, 0.05) is 5.56 Å². The summed E-state index contributed by atoms with van der Waals surface area (Å²) in [6, 6.07) is 18.6. The smallest absolute Gasteiger partial charge is 0.127 e. The summed E-state index contributed by atoms with van der Waals surface area (Å²) in [6.45, 7) is 6.38. The quantitative estimate of drug-likeness (QED) is 0.737. The van der Waals surface area contributed by atoms with Crippen LogP contribution in [0.5, 0.6) is 5.75 Å². The molecule has 0 aliphatic rings. The van der Waals surface area contributed by atoms with E-state index in [9.17, 15) is 0 Å². The molecule has 1 nitrogen and oxygen atoms in total. The second-order valence-electron chi connectivity index (χ2n) is 5.08. The van der Waals surface area contributed by atoms with Crippen molar-refractivity contribution in [3.8, 4) is 16.9 Å². The van der Waals surface area contributed by atoms with E-state index < -0.39 is 0 Å². The normalized spacial score (nSPS) is 11.3. The van der Waals surface area contributed by atoms with Gasteiger partial charge in [0.2, 0.25) is 0 Å². The number of para-hydroxylation sites is 1. The van der Waals surface area contributed by atoms with Crippen molar-refractivity contribution in [3.63, 3.8) is 0 Å². The topological polar surface area (TPSA) is 9.23 Å². The number of rotatable bonds is 4. The maximum Gasteiger partial charge on any atom is 0.127 e. The highest BCUT2D eigenvalue weighted by Crippen LogP contribution is 2.32. The van der Waals surface area contributed by atoms with Crippen molar-refractivity contribution in [1.82, 2.24) is 0 Å². The first-order chi connectivity index (χ1) is 8.62. The molecule has 0 aliphatic carbocycles. The summed E-state index contributed by atoms with van der Waals surface area (Å²) in [5, 5.41) is 0. The molecule has 0 heterocycles. The van der Waals surface area contributed by atoms with Gasteiger partial charge in [0.1, 0.15) is 11.4 Å². The molecule has 0 bridgehead atoms. The van der Waals surface area contributed by atoms with Crippen LogP contribution < -0.4 is 4.74 Å². The van der Waals surface area contributed by atoms with Crippen molar-refractivity contribution in [2.24, 2.45) is 0 Å². The minimum absolute atomic E-state index is 0.134. The van der Waals surface area contributed by atoms with Gasteiger partial charge in [-0.3, -0.25) is 0 Å². The van der Waals surface area contributed by atoms with Gasteiger partial charge in [0.05, 0.1) is 0 Å². The SMILES string of the molecule is CCC(C)(C)Oc1ccccc1-c1ccccc1. The van der Waals surface area contributed by atoms with Crippen LogP contribution in [0.1, 0.15) is 27.2 Å². The Labute approximate surface area is 109 Å². The van der Waals surface area contributed by atoms with E-state index in [0.29, 0.717) is 0 Å². The molecule has 2 rings (SSSR count). The van der Waals surface area contributed by atoms with Crippen LogP contribution in [0.25, 0.3) is 11.1 Å². The third-order valence-corrected chi connectivity index (χ3v) is 3.21. The zero-order valence-electron chi connectivity index (χ0n) is 11.3. The maximum absolute atomic E-state index is 6.14. The number of hydrogen-bond acceptors (Lipinski definition) is 1. The van der Waals surface area contributed by atoms with Crippen LogP contribution in [0.2, 0.25) is 0 Å². The molecule has 0 saturated heterocycles. The second-order valence-corrected chi connectivity index (χ2v) is 5.08. The summed E-state index contributed by atoms with van der Waals surface area (Å²) in [5.74, 6) is 0.954. The summed E-state index contributed by atoms with van der Waals surface area (Å²) in [6.07, 6.45) is 0.982. The van der Waals surface area contributed by atoms with Gasteiger partial charge in [-0.05, 0) is 31.9 Å². The van der Waals surface area contributed by atoms with Gasteiger partial charge >= 0.3 is 0 Å². The zero-order valence-corrected chi connectivity index (χ0v) is 11.3. The van der Waals surface area contributed by atoms with Gasteiger partial charge in [-0.2, -0.15) is 0 Å². The predicted octanol–water partition coefficient (Wildman–Crippen LogP) is 4.92. The lowest BCUT2D eigenvalue weighted by Crippen LogP contribution is -2.27. The lowest BCUT2D eigenvalue weighted by atomic mass is 10.0. The monoisotopic (exact) mass is 240 g/mol. The molecule has 0 saturated carbocycles. The van der Waals surface area contributed by atoms with E-state index >= 15 is 0 Å². The van der Waals surface area contributed by atoms with Gasteiger partial charge in [-0.1, -0.05) is 55.5 Å². The van der Waals surface area contributed by atoms with Crippen molar-refractivity contribution >= 4 is 0 Å². The van der Waals surface area contributed by atoms with Crippen molar-refractivity contribution in [2.75, 3.05) is 0 Å². The first-order valence-electron chi connectivity index (χ1n) is 6.46. The van der Waals surface area contributed by atoms with E-state index in [1.54, 1.807) is 0 Å². The van der Waals surface area contributed by atoms with Gasteiger partial charge in [-0.15, -0.1) is 0 Å². The summed E-state index contributed by atoms with van der Waals surface area (Å²) < 4.78 is 6.14. The molecule has 2 aromatic rings. The van der Waals surface area contributed by atoms with Crippen molar-refractivity contribution in [2.45, 2.75) is 32.8 Å². The fraction of sp³-hybridized carbons (Fsp3) is 0.294. The Morgan fingerprint density at radius 3 is 2.17 bits per heavy atom. The average molecular weight is 240 g/mol. The van der Waals surface area contributed by atoms with E-state index in [1.165, 1.54) is 5.56 Å². The molecule has 0 radical (unpaired) electrons. The Morgan fingerprint density at radius 1 is 0.889 bits per heavy atom. The minimum atomic E-state index is -0.134. The molecule has 94 valence electrons. The second kappa shape index (κ2) is 5.26. The van der Waals surface area contributed by atoms with Gasteiger partial charge < -0.3 is 4.74 Å². The van der Waals surface area contributed by atoms with Crippen LogP contribution >= 0.6 is 0 Å². The summed E-state index contributed by atoms with van der Waals surface area (Å²) in [5.41, 5.74) is 2.21. The van der Waals surface area contributed by atoms with Gasteiger partial charge in [0.15, 0.2) is 0 Å². The molecule has 0 aliphatic heterocycles. The van der Waals surface area contributed by atoms with Crippen LogP contribution in [0.15, 0.2) is 54.6 Å². The summed E-state index contributed by atoms with van der Waals surface area (Å²) in [4.78, 5) is 0. The molecule has 0 N–H and O–H groups in total. The first-order valence-corrected chi connectivity index (χ1v) is 6.46. The Hall–Kier alpha value is -1.76. The lowest BCUT2D eigenvalue weighted by Gasteiger charge is -2.26. The molecule has 18 heavy (non-hydrogen) atoms. The molecule has 0 amide bonds. The largest absolute Gasteiger partial charge is 0.487 e. The van der Waals surface area contributed by atoms with Crippen molar-refractivity contribution in [3.05, 3.63) is 54.6 Å². The van der Waals surface area contributed by atoms with Crippen LogP contribution in [-0.2, 0) is 0 Å². The Balaban J connectivity index is 2.38. The summed E-state index contributed by atoms with van der Waals surface area (Å²) in [7, 11) is 0. The highest BCUT2D eigenvalue weighted by molar-refractivity contribution is 5.70. The fourth-order valence-corrected chi connectivity index (χ4v) is 1.78. The maximum atomic E-state index is 6.14. The zero-order chi connectivity index (χ0) is 13.0. The molecule has 0 aromatic heterocycles. The molecule has 1 heteroatoms. The molecule has 2 aromatic carbocycles. The Bertz CT molecular complexity index is 500. The van der Waals surface area contributed by atoms with E-state index in [2.05, 4.69) is 51.1 Å². The van der Waals surface area contributed by atoms with Crippen molar-refractivity contribution < 1.29 is 4.74 Å². The predicted molar refractivity (Wildman–Crippen MR) is 76.9 cm³/mol. The first kappa shape index (κ1) is 12.7. The average Bonchev–Trinajstić information content (AvgIpc) is 2.40. The molecular formula is C17H20O. The van der Waals surface area contributed by atoms with Crippen LogP contribution in [0.4, 0.5) is 0 Å². The Kier molecular flexibility index (Phi) is 3.71. The third kappa shape index (κ3) is 2.92. The minimum Gasteiger partial charge on any atom is -0.487 e. The summed E-state index contributed by atoms with van der Waals surface area (Å²) >= 11 is 0. The van der Waals surface area contributed by atoms with E-state index in [4.69, 9.17) is 4.74 Å².